The van der Waals surface area contributed by atoms with E-state index in [4.69, 9.17) is 15.7 Å². The fourth-order valence-electron chi connectivity index (χ4n) is 3.11. The highest BCUT2D eigenvalue weighted by molar-refractivity contribution is 5.76. The van der Waals surface area contributed by atoms with Crippen molar-refractivity contribution in [1.82, 2.24) is 0 Å². The number of amides is 1. The summed E-state index contributed by atoms with van der Waals surface area (Å²) in [5.41, 5.74) is 4.79. The molecule has 5 nitrogen and oxygen atoms in total. The van der Waals surface area contributed by atoms with Gasteiger partial charge in [-0.2, -0.15) is 18.4 Å². The molecule has 31 heavy (non-hydrogen) atoms. The number of hydrogen-bond donors (Lipinski definition) is 1. The van der Waals surface area contributed by atoms with Gasteiger partial charge >= 0.3 is 6.18 Å². The summed E-state index contributed by atoms with van der Waals surface area (Å²) in [6, 6.07) is 12.3. The Labute approximate surface area is 180 Å². The van der Waals surface area contributed by atoms with Crippen molar-refractivity contribution in [3.05, 3.63) is 59.2 Å². The fourth-order valence-corrected chi connectivity index (χ4v) is 3.11. The van der Waals surface area contributed by atoms with Crippen LogP contribution in [0.2, 0.25) is 0 Å². The van der Waals surface area contributed by atoms with E-state index in [1.165, 1.54) is 12.1 Å². The predicted octanol–water partition coefficient (Wildman–Crippen LogP) is 4.54. The van der Waals surface area contributed by atoms with E-state index in [1.54, 1.807) is 30.3 Å². The lowest BCUT2D eigenvalue weighted by atomic mass is 9.95. The maximum absolute atomic E-state index is 13.4. The summed E-state index contributed by atoms with van der Waals surface area (Å²) in [5.74, 6) is 0.159. The number of ether oxygens (including phenoxy) is 1. The van der Waals surface area contributed by atoms with Gasteiger partial charge in [-0.05, 0) is 41.3 Å². The topological polar surface area (TPSA) is 79.3 Å². The minimum atomic E-state index is -4.61. The zero-order valence-electron chi connectivity index (χ0n) is 17.8. The number of halogens is 3. The van der Waals surface area contributed by atoms with Crippen molar-refractivity contribution in [3.63, 3.8) is 0 Å². The second kappa shape index (κ2) is 9.73. The van der Waals surface area contributed by atoms with Crippen LogP contribution in [0.3, 0.4) is 0 Å². The lowest BCUT2D eigenvalue weighted by molar-refractivity contribution is -0.137. The molecule has 0 radical (unpaired) electrons. The second-order valence-corrected chi connectivity index (χ2v) is 8.46. The van der Waals surface area contributed by atoms with Gasteiger partial charge in [0.25, 0.3) is 0 Å². The number of benzene rings is 2. The van der Waals surface area contributed by atoms with Crippen molar-refractivity contribution < 1.29 is 22.7 Å². The normalized spacial score (nSPS) is 11.6. The third kappa shape index (κ3) is 7.52. The Balaban J connectivity index is 2.16. The molecular formula is C23H26F3N3O2. The molecule has 0 unspecified atom stereocenters. The molecule has 0 fully saturated rings. The van der Waals surface area contributed by atoms with Crippen LogP contribution in [0.25, 0.3) is 0 Å². The first-order chi connectivity index (χ1) is 14.4. The van der Waals surface area contributed by atoms with Gasteiger partial charge in [-0.1, -0.05) is 32.9 Å². The Kier molecular flexibility index (Phi) is 7.55. The highest BCUT2D eigenvalue weighted by Gasteiger charge is 2.34. The summed E-state index contributed by atoms with van der Waals surface area (Å²) in [6.07, 6.45) is -4.47. The zero-order chi connectivity index (χ0) is 23.2. The maximum Gasteiger partial charge on any atom is 0.417 e. The number of carbonyl (C=O) groups is 1. The van der Waals surface area contributed by atoms with Crippen LogP contribution in [0.1, 0.15) is 37.5 Å². The number of primary amides is 1. The molecule has 0 atom stereocenters. The van der Waals surface area contributed by atoms with Crippen molar-refractivity contribution in [1.29, 1.82) is 5.26 Å². The van der Waals surface area contributed by atoms with Gasteiger partial charge in [0.15, 0.2) is 0 Å². The second-order valence-electron chi connectivity index (χ2n) is 8.46. The number of nitrogens with two attached hydrogens (primary N) is 1. The van der Waals surface area contributed by atoms with E-state index >= 15 is 0 Å². The van der Waals surface area contributed by atoms with Gasteiger partial charge in [-0.15, -0.1) is 0 Å². The summed E-state index contributed by atoms with van der Waals surface area (Å²) in [6.45, 7) is 7.07. The molecule has 0 aliphatic carbocycles. The molecule has 2 rings (SSSR count). The summed E-state index contributed by atoms with van der Waals surface area (Å²) >= 11 is 0. The largest absolute Gasteiger partial charge is 0.492 e. The molecule has 2 aromatic rings. The number of nitrogens with zero attached hydrogens (tertiary/aromatic N) is 2. The van der Waals surface area contributed by atoms with E-state index < -0.39 is 23.2 Å². The number of alkyl halides is 3. The fraction of sp³-hybridized carbons (Fsp3) is 0.391. The average molecular weight is 433 g/mol. The van der Waals surface area contributed by atoms with Crippen molar-refractivity contribution in [2.24, 2.45) is 11.1 Å². The van der Waals surface area contributed by atoms with E-state index in [0.29, 0.717) is 24.5 Å². The standard InChI is InChI=1S/C23H26F3N3O2/c1-22(2,3)15-29(18-7-6-17(14-27)20(13-18)23(24,25)26)10-11-31-19-8-4-16(5-9-19)12-21(28)30/h4-9,13H,10-12,15H2,1-3H3,(H2,28,30). The van der Waals surface area contributed by atoms with Crippen molar-refractivity contribution in [2.45, 2.75) is 33.4 Å². The Hall–Kier alpha value is -3.21. The van der Waals surface area contributed by atoms with E-state index in [9.17, 15) is 18.0 Å². The van der Waals surface area contributed by atoms with Gasteiger partial charge in [-0.3, -0.25) is 4.79 Å². The molecule has 8 heteroatoms. The molecule has 0 bridgehead atoms. The third-order valence-corrected chi connectivity index (χ3v) is 4.39. The van der Waals surface area contributed by atoms with Gasteiger partial charge in [0.2, 0.25) is 5.91 Å². The van der Waals surface area contributed by atoms with E-state index in [1.807, 2.05) is 25.7 Å². The Bertz CT molecular complexity index is 943. The average Bonchev–Trinajstić information content (AvgIpc) is 2.66. The van der Waals surface area contributed by atoms with Gasteiger partial charge in [0.1, 0.15) is 12.4 Å². The first-order valence-corrected chi connectivity index (χ1v) is 9.75. The maximum atomic E-state index is 13.4. The third-order valence-electron chi connectivity index (χ3n) is 4.39. The molecular weight excluding hydrogens is 407 g/mol. The van der Waals surface area contributed by atoms with Crippen LogP contribution in [0.4, 0.5) is 18.9 Å². The highest BCUT2D eigenvalue weighted by Crippen LogP contribution is 2.35. The number of hydrogen-bond acceptors (Lipinski definition) is 4. The Morgan fingerprint density at radius 2 is 1.77 bits per heavy atom. The molecule has 2 N–H and O–H groups in total. The lowest BCUT2D eigenvalue weighted by Gasteiger charge is -2.32. The zero-order valence-corrected chi connectivity index (χ0v) is 17.8. The van der Waals surface area contributed by atoms with Crippen LogP contribution in [0.5, 0.6) is 5.75 Å². The number of carbonyl (C=O) groups excluding carboxylic acids is 1. The lowest BCUT2D eigenvalue weighted by Crippen LogP contribution is -2.36. The van der Waals surface area contributed by atoms with Gasteiger partial charge in [-0.25, -0.2) is 0 Å². The van der Waals surface area contributed by atoms with Crippen LogP contribution in [-0.4, -0.2) is 25.6 Å². The van der Waals surface area contributed by atoms with Gasteiger partial charge in [0, 0.05) is 12.2 Å². The molecule has 166 valence electrons. The summed E-state index contributed by atoms with van der Waals surface area (Å²) < 4.78 is 45.9. The van der Waals surface area contributed by atoms with Crippen LogP contribution in [0.15, 0.2) is 42.5 Å². The molecule has 0 spiro atoms. The first-order valence-electron chi connectivity index (χ1n) is 9.75. The van der Waals surface area contributed by atoms with E-state index in [2.05, 4.69) is 0 Å². The van der Waals surface area contributed by atoms with Crippen LogP contribution in [-0.2, 0) is 17.4 Å². The summed E-state index contributed by atoms with van der Waals surface area (Å²) in [7, 11) is 0. The number of nitriles is 1. The van der Waals surface area contributed by atoms with E-state index in [0.717, 1.165) is 11.6 Å². The number of rotatable bonds is 8. The number of anilines is 1. The van der Waals surface area contributed by atoms with Crippen LogP contribution in [0, 0.1) is 16.7 Å². The molecule has 0 saturated heterocycles. The summed E-state index contributed by atoms with van der Waals surface area (Å²) in [5, 5.41) is 9.02. The molecule has 0 saturated carbocycles. The minimum absolute atomic E-state index is 0.139. The quantitative estimate of drug-likeness (QED) is 0.663. The van der Waals surface area contributed by atoms with Crippen LogP contribution >= 0.6 is 0 Å². The van der Waals surface area contributed by atoms with Gasteiger partial charge in [0.05, 0.1) is 30.2 Å². The first kappa shape index (κ1) is 24.1. The molecule has 0 aromatic heterocycles. The Morgan fingerprint density at radius 3 is 2.29 bits per heavy atom. The highest BCUT2D eigenvalue weighted by atomic mass is 19.4. The van der Waals surface area contributed by atoms with Crippen molar-refractivity contribution >= 4 is 11.6 Å². The summed E-state index contributed by atoms with van der Waals surface area (Å²) in [4.78, 5) is 12.8. The predicted molar refractivity (Wildman–Crippen MR) is 113 cm³/mol. The molecule has 0 aliphatic rings. The minimum Gasteiger partial charge on any atom is -0.492 e. The smallest absolute Gasteiger partial charge is 0.417 e. The monoisotopic (exact) mass is 433 g/mol. The molecule has 0 heterocycles. The van der Waals surface area contributed by atoms with Crippen molar-refractivity contribution in [3.8, 4) is 11.8 Å². The molecule has 1 amide bonds. The van der Waals surface area contributed by atoms with Crippen LogP contribution < -0.4 is 15.4 Å². The van der Waals surface area contributed by atoms with Crippen molar-refractivity contribution in [2.75, 3.05) is 24.6 Å². The SMILES string of the molecule is CC(C)(C)CN(CCOc1ccc(CC(N)=O)cc1)c1ccc(C#N)c(C(F)(F)F)c1. The van der Waals surface area contributed by atoms with Gasteiger partial charge < -0.3 is 15.4 Å². The van der Waals surface area contributed by atoms with E-state index in [-0.39, 0.29) is 18.4 Å². The molecule has 2 aromatic carbocycles. The molecule has 0 aliphatic heterocycles. The Morgan fingerprint density at radius 1 is 1.13 bits per heavy atom.